The van der Waals surface area contributed by atoms with Gasteiger partial charge in [0.15, 0.2) is 0 Å². The molecule has 0 spiro atoms. The molecule has 1 aliphatic carbocycles. The summed E-state index contributed by atoms with van der Waals surface area (Å²) in [6, 6.07) is 12.7. The molecule has 0 bridgehead atoms. The Kier molecular flexibility index (Phi) is 9.69. The van der Waals surface area contributed by atoms with Gasteiger partial charge >= 0.3 is 0 Å². The Morgan fingerprint density at radius 2 is 1.53 bits per heavy atom. The van der Waals surface area contributed by atoms with Crippen molar-refractivity contribution in [3.63, 3.8) is 0 Å². The molecule has 0 fully saturated rings. The first-order valence-corrected chi connectivity index (χ1v) is 13.7. The fraction of sp³-hybridized carbons (Fsp3) is 0.562. The maximum absolute atomic E-state index is 12.2. The number of nitrogens with zero attached hydrogens (tertiary/aromatic N) is 2. The number of hydroxylamine groups is 3. The van der Waals surface area contributed by atoms with Crippen LogP contribution in [0.5, 0.6) is 11.5 Å². The van der Waals surface area contributed by atoms with E-state index in [1.54, 1.807) is 28.3 Å². The quantitative estimate of drug-likeness (QED) is 0.238. The van der Waals surface area contributed by atoms with E-state index in [1.807, 2.05) is 19.9 Å². The van der Waals surface area contributed by atoms with Crippen molar-refractivity contribution in [2.75, 3.05) is 55.5 Å². The molecule has 2 aromatic carbocycles. The van der Waals surface area contributed by atoms with E-state index in [2.05, 4.69) is 62.3 Å². The van der Waals surface area contributed by atoms with Crippen LogP contribution in [0.15, 0.2) is 48.0 Å². The van der Waals surface area contributed by atoms with Gasteiger partial charge in [-0.15, -0.1) is 0 Å². The second kappa shape index (κ2) is 12.2. The molecule has 3 rings (SSSR count). The van der Waals surface area contributed by atoms with Crippen molar-refractivity contribution in [1.82, 2.24) is 4.90 Å². The van der Waals surface area contributed by atoms with Crippen LogP contribution in [0.1, 0.15) is 61.3 Å². The molecule has 0 aromatic heterocycles. The molecule has 0 saturated carbocycles. The molecule has 0 unspecified atom stereocenters. The monoisotopic (exact) mass is 524 g/mol. The van der Waals surface area contributed by atoms with Crippen LogP contribution in [0.4, 0.5) is 0 Å². The molecule has 1 aliphatic rings. The van der Waals surface area contributed by atoms with Crippen LogP contribution in [0.3, 0.4) is 0 Å². The summed E-state index contributed by atoms with van der Waals surface area (Å²) in [6.07, 6.45) is 4.78. The standard InChI is InChI=1S/C32H48N2O4/c1-22-18-27(25-20-23(14-16-33(4)5)10-12-29(25)37-8)31(32(2,3)35)28(19-22)26-21-24(11-13-30(26)38-9)15-17-34(6,7)36/h10-13,18,20-21,27-28,31,35H,14-17,19H2,1-9H3/t27-,28-,31+/m0/s1. The van der Waals surface area contributed by atoms with E-state index in [4.69, 9.17) is 9.47 Å². The lowest BCUT2D eigenvalue weighted by atomic mass is 9.62. The third-order valence-electron chi connectivity index (χ3n) is 7.78. The SMILES string of the molecule is COc1ccc(CCN(C)C)cc1[C@@H]1C=C(C)C[C@@H](c2cc(CC[N+](C)(C)[O-])ccc2OC)[C@@H]1C(C)(C)O. The summed E-state index contributed by atoms with van der Waals surface area (Å²) < 4.78 is 11.4. The predicted octanol–water partition coefficient (Wildman–Crippen LogP) is 5.53. The molecule has 2 aromatic rings. The van der Waals surface area contributed by atoms with Crippen molar-refractivity contribution in [2.45, 2.75) is 57.5 Å². The van der Waals surface area contributed by atoms with E-state index < -0.39 is 5.60 Å². The Morgan fingerprint density at radius 3 is 2.05 bits per heavy atom. The number of allylic oxidation sites excluding steroid dienone is 2. The largest absolute Gasteiger partial charge is 0.633 e. The molecule has 0 saturated heterocycles. The maximum atomic E-state index is 12.2. The third kappa shape index (κ3) is 7.60. The highest BCUT2D eigenvalue weighted by Gasteiger charge is 2.44. The van der Waals surface area contributed by atoms with Gasteiger partial charge in [0.25, 0.3) is 0 Å². The van der Waals surface area contributed by atoms with Gasteiger partial charge in [0, 0.05) is 30.4 Å². The fourth-order valence-electron chi connectivity index (χ4n) is 5.90. The molecule has 210 valence electrons. The third-order valence-corrected chi connectivity index (χ3v) is 7.78. The smallest absolute Gasteiger partial charge is 0.122 e. The Bertz CT molecular complexity index is 1110. The topological polar surface area (TPSA) is 65.0 Å². The first kappa shape index (κ1) is 30.2. The lowest BCUT2D eigenvalue weighted by Gasteiger charge is -2.44. The van der Waals surface area contributed by atoms with E-state index in [0.717, 1.165) is 47.6 Å². The van der Waals surface area contributed by atoms with E-state index in [1.165, 1.54) is 11.1 Å². The van der Waals surface area contributed by atoms with Crippen LogP contribution in [-0.4, -0.2) is 75.8 Å². The van der Waals surface area contributed by atoms with Gasteiger partial charge in [0.05, 0.1) is 40.5 Å². The van der Waals surface area contributed by atoms with Crippen LogP contribution in [0.2, 0.25) is 0 Å². The molecule has 1 N–H and O–H groups in total. The predicted molar refractivity (Wildman–Crippen MR) is 156 cm³/mol. The number of likely N-dealkylation sites (N-methyl/N-ethyl adjacent to an activating group) is 2. The summed E-state index contributed by atoms with van der Waals surface area (Å²) >= 11 is 0. The van der Waals surface area contributed by atoms with Crippen LogP contribution in [-0.2, 0) is 12.8 Å². The first-order chi connectivity index (χ1) is 17.7. The minimum atomic E-state index is -0.966. The van der Waals surface area contributed by atoms with Crippen LogP contribution in [0, 0.1) is 11.1 Å². The Hall–Kier alpha value is -2.38. The summed E-state index contributed by atoms with van der Waals surface area (Å²) in [5, 5.41) is 23.9. The van der Waals surface area contributed by atoms with Crippen molar-refractivity contribution in [1.29, 1.82) is 0 Å². The number of hydrogen-bond acceptors (Lipinski definition) is 5. The van der Waals surface area contributed by atoms with Crippen molar-refractivity contribution in [3.05, 3.63) is 75.5 Å². The molecule has 0 aliphatic heterocycles. The summed E-state index contributed by atoms with van der Waals surface area (Å²) in [5.41, 5.74) is 4.89. The minimum absolute atomic E-state index is 0.0322. The number of benzene rings is 2. The number of ether oxygens (including phenoxy) is 2. The zero-order valence-electron chi connectivity index (χ0n) is 24.9. The second-order valence-electron chi connectivity index (χ2n) is 12.3. The van der Waals surface area contributed by atoms with Gasteiger partial charge in [-0.1, -0.05) is 35.9 Å². The van der Waals surface area contributed by atoms with Gasteiger partial charge in [-0.05, 0) is 82.4 Å². The second-order valence-corrected chi connectivity index (χ2v) is 12.3. The highest BCUT2D eigenvalue weighted by molar-refractivity contribution is 5.48. The highest BCUT2D eigenvalue weighted by atomic mass is 16.5. The lowest BCUT2D eigenvalue weighted by Crippen LogP contribution is -2.41. The van der Waals surface area contributed by atoms with Crippen LogP contribution < -0.4 is 9.47 Å². The summed E-state index contributed by atoms with van der Waals surface area (Å²) in [7, 11) is 11.0. The number of aliphatic hydroxyl groups is 1. The summed E-state index contributed by atoms with van der Waals surface area (Å²) in [5.74, 6) is 1.56. The summed E-state index contributed by atoms with van der Waals surface area (Å²) in [4.78, 5) is 2.19. The highest BCUT2D eigenvalue weighted by Crippen LogP contribution is 2.53. The van der Waals surface area contributed by atoms with Gasteiger partial charge < -0.3 is 29.3 Å². The van der Waals surface area contributed by atoms with Gasteiger partial charge in [-0.2, -0.15) is 0 Å². The molecule has 6 heteroatoms. The average Bonchev–Trinajstić information content (AvgIpc) is 2.84. The van der Waals surface area contributed by atoms with Crippen LogP contribution in [0.25, 0.3) is 0 Å². The Morgan fingerprint density at radius 1 is 0.974 bits per heavy atom. The maximum Gasteiger partial charge on any atom is 0.122 e. The number of quaternary nitrogens is 1. The molecule has 0 amide bonds. The zero-order chi connectivity index (χ0) is 28.3. The van der Waals surface area contributed by atoms with Gasteiger partial charge in [-0.25, -0.2) is 0 Å². The van der Waals surface area contributed by atoms with Crippen molar-refractivity contribution in [3.8, 4) is 11.5 Å². The lowest BCUT2D eigenvalue weighted by molar-refractivity contribution is -0.839. The average molecular weight is 525 g/mol. The summed E-state index contributed by atoms with van der Waals surface area (Å²) in [6.45, 7) is 7.48. The van der Waals surface area contributed by atoms with E-state index >= 15 is 0 Å². The van der Waals surface area contributed by atoms with E-state index in [9.17, 15) is 10.3 Å². The fourth-order valence-corrected chi connectivity index (χ4v) is 5.90. The van der Waals surface area contributed by atoms with Crippen molar-refractivity contribution < 1.29 is 19.2 Å². The Balaban J connectivity index is 2.12. The molecule has 38 heavy (non-hydrogen) atoms. The van der Waals surface area contributed by atoms with Gasteiger partial charge in [0.1, 0.15) is 11.5 Å². The van der Waals surface area contributed by atoms with Crippen LogP contribution >= 0.6 is 0 Å². The zero-order valence-corrected chi connectivity index (χ0v) is 24.9. The van der Waals surface area contributed by atoms with Gasteiger partial charge in [-0.3, -0.25) is 0 Å². The molecule has 3 atom stereocenters. The Labute approximate surface area is 230 Å². The molecule has 0 radical (unpaired) electrons. The van der Waals surface area contributed by atoms with Gasteiger partial charge in [0.2, 0.25) is 0 Å². The molecular formula is C32H48N2O4. The number of rotatable bonds is 11. The van der Waals surface area contributed by atoms with Crippen molar-refractivity contribution in [2.24, 2.45) is 5.92 Å². The minimum Gasteiger partial charge on any atom is -0.633 e. The molecular weight excluding hydrogens is 476 g/mol. The van der Waals surface area contributed by atoms with Crippen molar-refractivity contribution >= 4 is 0 Å². The van der Waals surface area contributed by atoms with E-state index in [-0.39, 0.29) is 22.4 Å². The van der Waals surface area contributed by atoms with E-state index in [0.29, 0.717) is 13.0 Å². The molecule has 6 nitrogen and oxygen atoms in total. The number of hydrogen-bond donors (Lipinski definition) is 1. The molecule has 0 heterocycles. The number of methoxy groups -OCH3 is 2. The normalized spacial score (nSPS) is 20.4. The first-order valence-electron chi connectivity index (χ1n) is 13.7.